The lowest BCUT2D eigenvalue weighted by Crippen LogP contribution is -2.19. The molecule has 4 rings (SSSR count). The number of hydrogen-bond acceptors (Lipinski definition) is 9. The molecule has 0 aliphatic heterocycles. The van der Waals surface area contributed by atoms with Crippen LogP contribution in [0.1, 0.15) is 19.5 Å². The molecule has 0 atom stereocenters. The van der Waals surface area contributed by atoms with Gasteiger partial charge >= 0.3 is 0 Å². The maximum absolute atomic E-state index is 6.10. The molecule has 0 amide bonds. The highest BCUT2D eigenvalue weighted by atomic mass is 16.5. The summed E-state index contributed by atoms with van der Waals surface area (Å²) in [6, 6.07) is 11.2. The smallest absolute Gasteiger partial charge is 0.270 e. The maximum atomic E-state index is 6.10. The third-order valence-electron chi connectivity index (χ3n) is 5.39. The molecule has 3 aromatic heterocycles. The summed E-state index contributed by atoms with van der Waals surface area (Å²) >= 11 is 0. The van der Waals surface area contributed by atoms with Crippen molar-refractivity contribution in [2.24, 2.45) is 0 Å². The number of nitrogens with zero attached hydrogens (tertiary/aromatic N) is 6. The quantitative estimate of drug-likeness (QED) is 0.386. The highest BCUT2D eigenvalue weighted by molar-refractivity contribution is 5.69. The Labute approximate surface area is 204 Å². The topological polar surface area (TPSA) is 116 Å². The first kappa shape index (κ1) is 23.9. The second-order valence-electron chi connectivity index (χ2n) is 8.78. The Morgan fingerprint density at radius 3 is 2.51 bits per heavy atom. The van der Waals surface area contributed by atoms with Crippen molar-refractivity contribution in [3.8, 4) is 52.4 Å². The minimum Gasteiger partial charge on any atom is -0.492 e. The molecule has 0 aliphatic rings. The molecule has 0 spiro atoms. The van der Waals surface area contributed by atoms with E-state index in [1.807, 2.05) is 64.3 Å². The van der Waals surface area contributed by atoms with Gasteiger partial charge in [-0.15, -0.1) is 16.6 Å². The molecule has 4 aromatic rings. The zero-order valence-corrected chi connectivity index (χ0v) is 20.2. The fraction of sp³-hybridized carbons (Fsp3) is 0.269. The molecule has 9 heteroatoms. The van der Waals surface area contributed by atoms with Crippen molar-refractivity contribution >= 4 is 5.82 Å². The van der Waals surface area contributed by atoms with Crippen molar-refractivity contribution in [2.45, 2.75) is 19.3 Å². The van der Waals surface area contributed by atoms with Crippen molar-refractivity contribution in [3.63, 3.8) is 0 Å². The summed E-state index contributed by atoms with van der Waals surface area (Å²) < 4.78 is 11.6. The molecule has 0 unspecified atom stereocenters. The molecule has 35 heavy (non-hydrogen) atoms. The number of hydrogen-bond donors (Lipinski definition) is 1. The van der Waals surface area contributed by atoms with Gasteiger partial charge in [-0.3, -0.25) is 4.98 Å². The summed E-state index contributed by atoms with van der Waals surface area (Å²) in [5.74, 6) is 4.23. The van der Waals surface area contributed by atoms with E-state index in [1.165, 1.54) is 0 Å². The Kier molecular flexibility index (Phi) is 6.75. The van der Waals surface area contributed by atoms with E-state index in [4.69, 9.17) is 21.3 Å². The number of ether oxygens (including phenoxy) is 1. The normalized spacial score (nSPS) is 11.4. The zero-order valence-electron chi connectivity index (χ0n) is 20.2. The van der Waals surface area contributed by atoms with Gasteiger partial charge in [0.15, 0.2) is 11.5 Å². The minimum atomic E-state index is -0.519. The molecule has 0 fully saturated rings. The molecule has 0 bridgehead atoms. The summed E-state index contributed by atoms with van der Waals surface area (Å²) in [6.07, 6.45) is 8.95. The number of anilines is 1. The molecule has 9 nitrogen and oxygen atoms in total. The molecule has 3 heterocycles. The van der Waals surface area contributed by atoms with Gasteiger partial charge < -0.3 is 19.8 Å². The number of pyridine rings is 1. The molecular formula is C26H27N7O2. The van der Waals surface area contributed by atoms with Crippen molar-refractivity contribution < 1.29 is 9.15 Å². The first-order chi connectivity index (χ1) is 16.8. The maximum Gasteiger partial charge on any atom is 0.270 e. The molecule has 2 N–H and O–H groups in total. The Hall–Kier alpha value is -4.29. The zero-order chi connectivity index (χ0) is 25.0. The molecule has 1 aromatic carbocycles. The summed E-state index contributed by atoms with van der Waals surface area (Å²) in [7, 11) is 4.00. The van der Waals surface area contributed by atoms with Gasteiger partial charge in [-0.05, 0) is 64.3 Å². The van der Waals surface area contributed by atoms with Gasteiger partial charge in [0, 0.05) is 23.9 Å². The van der Waals surface area contributed by atoms with Crippen LogP contribution in [-0.4, -0.2) is 57.3 Å². The van der Waals surface area contributed by atoms with E-state index in [0.29, 0.717) is 23.9 Å². The lowest BCUT2D eigenvalue weighted by molar-refractivity contribution is 0.261. The highest BCUT2D eigenvalue weighted by Gasteiger charge is 2.21. The van der Waals surface area contributed by atoms with Crippen LogP contribution < -0.4 is 10.5 Å². The first-order valence-electron chi connectivity index (χ1n) is 11.1. The van der Waals surface area contributed by atoms with Crippen LogP contribution in [0.4, 0.5) is 5.82 Å². The highest BCUT2D eigenvalue weighted by Crippen LogP contribution is 2.30. The van der Waals surface area contributed by atoms with Gasteiger partial charge in [0.25, 0.3) is 5.89 Å². The fourth-order valence-corrected chi connectivity index (χ4v) is 3.18. The third-order valence-corrected chi connectivity index (χ3v) is 5.39. The van der Waals surface area contributed by atoms with Crippen LogP contribution in [0.3, 0.4) is 0 Å². The van der Waals surface area contributed by atoms with Gasteiger partial charge in [0.05, 0.1) is 23.0 Å². The number of aromatic nitrogens is 5. The van der Waals surface area contributed by atoms with Crippen molar-refractivity contribution in [1.29, 1.82) is 0 Å². The largest absolute Gasteiger partial charge is 0.492 e. The number of nitrogen functional groups attached to an aromatic ring is 1. The van der Waals surface area contributed by atoms with Crippen LogP contribution in [0.2, 0.25) is 0 Å². The van der Waals surface area contributed by atoms with E-state index in [1.54, 1.807) is 12.4 Å². The van der Waals surface area contributed by atoms with Gasteiger partial charge in [-0.1, -0.05) is 5.92 Å². The number of likely N-dealkylation sites (N-methyl/N-ethyl adjacent to an activating group) is 1. The second kappa shape index (κ2) is 9.91. The summed E-state index contributed by atoms with van der Waals surface area (Å²) in [5, 5.41) is 8.30. The molecule has 0 radical (unpaired) electrons. The van der Waals surface area contributed by atoms with Crippen molar-refractivity contribution in [1.82, 2.24) is 30.0 Å². The third kappa shape index (κ3) is 5.45. The van der Waals surface area contributed by atoms with E-state index in [9.17, 15) is 0 Å². The van der Waals surface area contributed by atoms with Crippen LogP contribution >= 0.6 is 0 Å². The monoisotopic (exact) mass is 469 g/mol. The Balaban J connectivity index is 1.58. The molecule has 178 valence electrons. The average Bonchev–Trinajstić information content (AvgIpc) is 3.35. The molecular weight excluding hydrogens is 442 g/mol. The number of terminal acetylenes is 1. The second-order valence-corrected chi connectivity index (χ2v) is 8.78. The van der Waals surface area contributed by atoms with E-state index in [0.717, 1.165) is 29.1 Å². The Morgan fingerprint density at radius 1 is 1.06 bits per heavy atom. The van der Waals surface area contributed by atoms with Crippen molar-refractivity contribution in [2.75, 3.05) is 33.0 Å². The molecule has 0 aliphatic carbocycles. The fourth-order valence-electron chi connectivity index (χ4n) is 3.18. The van der Waals surface area contributed by atoms with Gasteiger partial charge in [-0.25, -0.2) is 9.97 Å². The summed E-state index contributed by atoms with van der Waals surface area (Å²) in [5.41, 5.74) is 8.78. The lowest BCUT2D eigenvalue weighted by Gasteiger charge is -2.17. The van der Waals surface area contributed by atoms with Crippen LogP contribution in [0.5, 0.6) is 5.75 Å². The molecule has 0 saturated carbocycles. The predicted molar refractivity (Wildman–Crippen MR) is 134 cm³/mol. The Morgan fingerprint density at radius 2 is 1.80 bits per heavy atom. The van der Waals surface area contributed by atoms with Gasteiger partial charge in [0.1, 0.15) is 12.4 Å². The van der Waals surface area contributed by atoms with Crippen LogP contribution in [0.25, 0.3) is 34.3 Å². The lowest BCUT2D eigenvalue weighted by atomic mass is 9.89. The Bertz CT molecular complexity index is 1350. The van der Waals surface area contributed by atoms with E-state index >= 15 is 0 Å². The van der Waals surface area contributed by atoms with E-state index in [2.05, 4.69) is 36.0 Å². The first-order valence-corrected chi connectivity index (χ1v) is 11.1. The number of benzene rings is 1. The number of rotatable bonds is 8. The average molecular weight is 470 g/mol. The molecule has 0 saturated heterocycles. The summed E-state index contributed by atoms with van der Waals surface area (Å²) in [6.45, 7) is 5.30. The van der Waals surface area contributed by atoms with E-state index in [-0.39, 0.29) is 11.7 Å². The van der Waals surface area contributed by atoms with Crippen LogP contribution in [0.15, 0.2) is 53.2 Å². The van der Waals surface area contributed by atoms with Crippen LogP contribution in [-0.2, 0) is 5.41 Å². The van der Waals surface area contributed by atoms with Gasteiger partial charge in [-0.2, -0.15) is 0 Å². The van der Waals surface area contributed by atoms with Gasteiger partial charge in [0.2, 0.25) is 5.89 Å². The minimum absolute atomic E-state index is 0.177. The standard InChI is InChI=1S/C26H27N7O2/c1-6-26(2,3)21-15-18(11-12-28-21)20-16-29-23(27)22(30-20)25-32-31-24(35-25)17-7-9-19(10-8-17)34-14-13-33(4)5/h1,7-12,15-16H,13-14H2,2-5H3,(H2,27,29). The van der Waals surface area contributed by atoms with Crippen LogP contribution in [0, 0.1) is 12.3 Å². The van der Waals surface area contributed by atoms with E-state index < -0.39 is 5.41 Å². The number of nitrogens with two attached hydrogens (primary N) is 1. The van der Waals surface area contributed by atoms with Crippen molar-refractivity contribution in [3.05, 3.63) is 54.5 Å². The summed E-state index contributed by atoms with van der Waals surface area (Å²) in [4.78, 5) is 15.4. The SMILES string of the molecule is C#CC(C)(C)c1cc(-c2cnc(N)c(-c3nnc(-c4ccc(OCCN(C)C)cc4)o3)n2)ccn1. The predicted octanol–water partition coefficient (Wildman–Crippen LogP) is 3.69.